The van der Waals surface area contributed by atoms with Crippen LogP contribution in [0.3, 0.4) is 0 Å². The number of nitrogens with zero attached hydrogens (tertiary/aromatic N) is 1. The number of anilines is 1. The Balaban J connectivity index is 2.48. The van der Waals surface area contributed by atoms with E-state index < -0.39 is 10.2 Å². The number of thiazole rings is 1. The Morgan fingerprint density at radius 2 is 2.20 bits per heavy atom. The molecule has 1 aromatic heterocycles. The molecule has 2 rings (SSSR count). The average Bonchev–Trinajstić information content (AvgIpc) is 2.42. The summed E-state index contributed by atoms with van der Waals surface area (Å²) in [4.78, 5) is 4.03. The molecule has 3 N–H and O–H groups in total. The summed E-state index contributed by atoms with van der Waals surface area (Å²) in [5.41, 5.74) is 0.676. The molecular weight excluding hydrogens is 258 g/mol. The summed E-state index contributed by atoms with van der Waals surface area (Å²) >= 11 is 6.95. The number of aromatic nitrogens is 1. The quantitative estimate of drug-likeness (QED) is 0.862. The van der Waals surface area contributed by atoms with Crippen LogP contribution in [0.15, 0.2) is 18.2 Å². The van der Waals surface area contributed by atoms with Gasteiger partial charge in [0.25, 0.3) is 10.2 Å². The molecular formula is C7H6ClN3O2S2. The van der Waals surface area contributed by atoms with Gasteiger partial charge in [0, 0.05) is 5.02 Å². The van der Waals surface area contributed by atoms with Crippen LogP contribution in [0, 0.1) is 0 Å². The van der Waals surface area contributed by atoms with Gasteiger partial charge in [-0.2, -0.15) is 8.42 Å². The van der Waals surface area contributed by atoms with Gasteiger partial charge in [0.1, 0.15) is 0 Å². The Kier molecular flexibility index (Phi) is 2.55. The van der Waals surface area contributed by atoms with E-state index in [9.17, 15) is 8.42 Å². The topological polar surface area (TPSA) is 85.1 Å². The van der Waals surface area contributed by atoms with Gasteiger partial charge < -0.3 is 0 Å². The van der Waals surface area contributed by atoms with Crippen LogP contribution in [-0.4, -0.2) is 13.4 Å². The van der Waals surface area contributed by atoms with Gasteiger partial charge in [-0.25, -0.2) is 14.8 Å². The minimum absolute atomic E-state index is 0.231. The van der Waals surface area contributed by atoms with Crippen molar-refractivity contribution in [3.63, 3.8) is 0 Å². The predicted molar refractivity (Wildman–Crippen MR) is 61.4 cm³/mol. The SMILES string of the molecule is NS(=O)(=O)Nc1nc2ccc(Cl)cc2s1. The summed E-state index contributed by atoms with van der Waals surface area (Å²) < 4.78 is 24.4. The smallest absolute Gasteiger partial charge is 0.246 e. The minimum atomic E-state index is -3.77. The van der Waals surface area contributed by atoms with E-state index in [4.69, 9.17) is 16.7 Å². The monoisotopic (exact) mass is 263 g/mol. The lowest BCUT2D eigenvalue weighted by Crippen LogP contribution is -2.21. The van der Waals surface area contributed by atoms with Crippen molar-refractivity contribution < 1.29 is 8.42 Å². The van der Waals surface area contributed by atoms with Gasteiger partial charge in [0.2, 0.25) is 0 Å². The first-order valence-electron chi connectivity index (χ1n) is 3.81. The average molecular weight is 264 g/mol. The van der Waals surface area contributed by atoms with Gasteiger partial charge in [-0.1, -0.05) is 22.9 Å². The highest BCUT2D eigenvalue weighted by molar-refractivity contribution is 7.90. The first-order chi connectivity index (χ1) is 6.94. The first kappa shape index (κ1) is 10.6. The zero-order valence-corrected chi connectivity index (χ0v) is 9.66. The van der Waals surface area contributed by atoms with Crippen molar-refractivity contribution in [1.82, 2.24) is 4.98 Å². The highest BCUT2D eigenvalue weighted by atomic mass is 35.5. The molecule has 0 amide bonds. The number of nitrogens with one attached hydrogen (secondary N) is 1. The van der Waals surface area contributed by atoms with E-state index in [1.54, 1.807) is 18.2 Å². The van der Waals surface area contributed by atoms with Crippen molar-refractivity contribution in [1.29, 1.82) is 0 Å². The maximum atomic E-state index is 10.8. The second-order valence-electron chi connectivity index (χ2n) is 2.78. The van der Waals surface area contributed by atoms with Crippen LogP contribution in [0.1, 0.15) is 0 Å². The van der Waals surface area contributed by atoms with E-state index in [2.05, 4.69) is 9.71 Å². The molecule has 0 aliphatic heterocycles. The van der Waals surface area contributed by atoms with Gasteiger partial charge in [-0.15, -0.1) is 0 Å². The Morgan fingerprint density at radius 1 is 1.47 bits per heavy atom. The van der Waals surface area contributed by atoms with Gasteiger partial charge in [0.15, 0.2) is 5.13 Å². The zero-order valence-electron chi connectivity index (χ0n) is 7.27. The van der Waals surface area contributed by atoms with Crippen molar-refractivity contribution in [2.75, 3.05) is 4.72 Å². The summed E-state index contributed by atoms with van der Waals surface area (Å²) in [6.45, 7) is 0. The third-order valence-electron chi connectivity index (χ3n) is 1.58. The molecule has 0 saturated heterocycles. The van der Waals surface area contributed by atoms with Crippen LogP contribution in [0.25, 0.3) is 10.2 Å². The second kappa shape index (κ2) is 3.60. The van der Waals surface area contributed by atoms with Gasteiger partial charge >= 0.3 is 0 Å². The van der Waals surface area contributed by atoms with Gasteiger partial charge in [-0.05, 0) is 18.2 Å². The van der Waals surface area contributed by atoms with Crippen LogP contribution in [0.5, 0.6) is 0 Å². The zero-order chi connectivity index (χ0) is 11.1. The number of rotatable bonds is 2. The summed E-state index contributed by atoms with van der Waals surface area (Å²) in [5, 5.41) is 5.63. The van der Waals surface area contributed by atoms with E-state index in [-0.39, 0.29) is 5.13 Å². The summed E-state index contributed by atoms with van der Waals surface area (Å²) in [7, 11) is -3.77. The van der Waals surface area contributed by atoms with Crippen molar-refractivity contribution in [2.45, 2.75) is 0 Å². The maximum absolute atomic E-state index is 10.8. The molecule has 1 heterocycles. The molecule has 80 valence electrons. The van der Waals surface area contributed by atoms with Crippen LogP contribution >= 0.6 is 22.9 Å². The number of halogens is 1. The molecule has 8 heteroatoms. The summed E-state index contributed by atoms with van der Waals surface area (Å²) in [5.74, 6) is 0. The molecule has 1 aromatic carbocycles. The van der Waals surface area contributed by atoms with Crippen LogP contribution in [0.4, 0.5) is 5.13 Å². The minimum Gasteiger partial charge on any atom is -0.246 e. The maximum Gasteiger partial charge on any atom is 0.298 e. The molecule has 0 radical (unpaired) electrons. The molecule has 0 unspecified atom stereocenters. The molecule has 15 heavy (non-hydrogen) atoms. The fraction of sp³-hybridized carbons (Fsp3) is 0. The van der Waals surface area contributed by atoms with E-state index in [1.165, 1.54) is 11.3 Å². The number of fused-ring (bicyclic) bond motifs is 1. The second-order valence-corrected chi connectivity index (χ2v) is 5.54. The highest BCUT2D eigenvalue weighted by Crippen LogP contribution is 2.28. The molecule has 0 fully saturated rings. The van der Waals surface area contributed by atoms with E-state index in [1.807, 2.05) is 0 Å². The Labute approximate surface area is 95.1 Å². The number of nitrogens with two attached hydrogens (primary N) is 1. The fourth-order valence-electron chi connectivity index (χ4n) is 1.06. The third kappa shape index (κ3) is 2.57. The molecule has 0 saturated carbocycles. The Bertz CT molecular complexity index is 608. The molecule has 0 bridgehead atoms. The van der Waals surface area contributed by atoms with E-state index in [0.717, 1.165) is 4.70 Å². The lowest BCUT2D eigenvalue weighted by atomic mass is 10.3. The Hall–Kier alpha value is -0.890. The standard InChI is InChI=1S/C7H6ClN3O2S2/c8-4-1-2-5-6(3-4)14-7(10-5)11-15(9,12)13/h1-3H,(H,10,11)(H2,9,12,13). The molecule has 2 aromatic rings. The predicted octanol–water partition coefficient (Wildman–Crippen LogP) is 1.57. The highest BCUT2D eigenvalue weighted by Gasteiger charge is 2.08. The molecule has 5 nitrogen and oxygen atoms in total. The molecule has 0 atom stereocenters. The van der Waals surface area contributed by atoms with Crippen molar-refractivity contribution in [3.8, 4) is 0 Å². The van der Waals surface area contributed by atoms with Crippen LogP contribution in [0.2, 0.25) is 5.02 Å². The van der Waals surface area contributed by atoms with Crippen LogP contribution in [-0.2, 0) is 10.2 Å². The van der Waals surface area contributed by atoms with Gasteiger partial charge in [-0.3, -0.25) is 0 Å². The van der Waals surface area contributed by atoms with E-state index >= 15 is 0 Å². The largest absolute Gasteiger partial charge is 0.298 e. The van der Waals surface area contributed by atoms with Crippen LogP contribution < -0.4 is 9.86 Å². The van der Waals surface area contributed by atoms with Gasteiger partial charge in [0.05, 0.1) is 10.2 Å². The van der Waals surface area contributed by atoms with Crippen molar-refractivity contribution in [3.05, 3.63) is 23.2 Å². The molecule has 0 aliphatic rings. The van der Waals surface area contributed by atoms with E-state index in [0.29, 0.717) is 10.5 Å². The summed E-state index contributed by atoms with van der Waals surface area (Å²) in [6, 6.07) is 5.11. The lowest BCUT2D eigenvalue weighted by molar-refractivity contribution is 0.603. The first-order valence-corrected chi connectivity index (χ1v) is 6.55. The molecule has 0 spiro atoms. The number of hydrogen-bond acceptors (Lipinski definition) is 4. The lowest BCUT2D eigenvalue weighted by Gasteiger charge is -1.95. The van der Waals surface area contributed by atoms with Crippen molar-refractivity contribution >= 4 is 48.5 Å². The van der Waals surface area contributed by atoms with Crippen molar-refractivity contribution in [2.24, 2.45) is 5.14 Å². The fourth-order valence-corrected chi connectivity index (χ4v) is 2.86. The third-order valence-corrected chi connectivity index (χ3v) is 3.36. The Morgan fingerprint density at radius 3 is 2.87 bits per heavy atom. The number of hydrogen-bond donors (Lipinski definition) is 2. The summed E-state index contributed by atoms with van der Waals surface area (Å²) in [6.07, 6.45) is 0. The molecule has 0 aliphatic carbocycles. The normalized spacial score (nSPS) is 11.9. The number of benzene rings is 1.